The van der Waals surface area contributed by atoms with Gasteiger partial charge in [-0.25, -0.2) is 0 Å². The molecule has 0 aliphatic carbocycles. The van der Waals surface area contributed by atoms with Gasteiger partial charge >= 0.3 is 12.1 Å². The fourth-order valence-corrected chi connectivity index (χ4v) is 2.07. The van der Waals surface area contributed by atoms with Gasteiger partial charge in [-0.1, -0.05) is 12.1 Å². The highest BCUT2D eigenvalue weighted by Crippen LogP contribution is 2.29. The number of hydrogen-bond acceptors (Lipinski definition) is 3. The minimum Gasteiger partial charge on any atom is -0.468 e. The van der Waals surface area contributed by atoms with Crippen LogP contribution in [0.2, 0.25) is 0 Å². The largest absolute Gasteiger partial charge is 0.468 e. The van der Waals surface area contributed by atoms with Crippen molar-refractivity contribution in [1.82, 2.24) is 4.90 Å². The van der Waals surface area contributed by atoms with Crippen molar-refractivity contribution >= 4 is 5.97 Å². The Kier molecular flexibility index (Phi) is 3.80. The number of hydrogen-bond donors (Lipinski definition) is 0. The topological polar surface area (TPSA) is 29.5 Å². The molecule has 1 aromatic rings. The van der Waals surface area contributed by atoms with Crippen molar-refractivity contribution < 1.29 is 22.7 Å². The minimum atomic E-state index is -4.32. The molecule has 1 aliphatic rings. The third kappa shape index (κ3) is 3.07. The number of methoxy groups -OCH3 is 1. The number of alkyl halides is 3. The van der Waals surface area contributed by atoms with Gasteiger partial charge in [0.1, 0.15) is 6.04 Å². The van der Waals surface area contributed by atoms with Crippen molar-refractivity contribution in [2.75, 3.05) is 13.7 Å². The maximum absolute atomic E-state index is 12.4. The van der Waals surface area contributed by atoms with Gasteiger partial charge in [-0.3, -0.25) is 9.69 Å². The van der Waals surface area contributed by atoms with Gasteiger partial charge in [0, 0.05) is 13.1 Å². The molecule has 1 aromatic carbocycles. The van der Waals surface area contributed by atoms with Crippen LogP contribution < -0.4 is 0 Å². The van der Waals surface area contributed by atoms with Gasteiger partial charge in [0.25, 0.3) is 0 Å². The van der Waals surface area contributed by atoms with E-state index in [-0.39, 0.29) is 12.0 Å². The number of esters is 1. The molecule has 6 heteroatoms. The predicted molar refractivity (Wildman–Crippen MR) is 62.3 cm³/mol. The van der Waals surface area contributed by atoms with E-state index in [1.165, 1.54) is 19.2 Å². The fourth-order valence-electron chi connectivity index (χ4n) is 2.07. The molecule has 0 amide bonds. The van der Waals surface area contributed by atoms with E-state index in [4.69, 9.17) is 0 Å². The third-order valence-corrected chi connectivity index (χ3v) is 3.27. The molecule has 0 saturated carbocycles. The van der Waals surface area contributed by atoms with Gasteiger partial charge in [0.15, 0.2) is 0 Å². The van der Waals surface area contributed by atoms with E-state index in [0.717, 1.165) is 30.7 Å². The van der Waals surface area contributed by atoms with E-state index >= 15 is 0 Å². The summed E-state index contributed by atoms with van der Waals surface area (Å²) in [6.45, 7) is 1.21. The number of rotatable bonds is 3. The number of carbonyl (C=O) groups is 1. The van der Waals surface area contributed by atoms with E-state index in [9.17, 15) is 18.0 Å². The summed E-state index contributed by atoms with van der Waals surface area (Å²) < 4.78 is 41.9. The van der Waals surface area contributed by atoms with Crippen LogP contribution in [0.25, 0.3) is 0 Å². The standard InChI is InChI=1S/C13H14F3NO2/c1-19-12(18)11-6-7-17(11)8-9-2-4-10(5-3-9)13(14,15)16/h2-5,11H,6-8H2,1H3. The fraction of sp³-hybridized carbons (Fsp3) is 0.462. The SMILES string of the molecule is COC(=O)C1CCN1Cc1ccc(C(F)(F)F)cc1. The van der Waals surface area contributed by atoms with Crippen LogP contribution in [-0.4, -0.2) is 30.6 Å². The first-order valence-corrected chi connectivity index (χ1v) is 5.90. The lowest BCUT2D eigenvalue weighted by molar-refractivity contribution is -0.152. The van der Waals surface area contributed by atoms with Crippen molar-refractivity contribution in [2.24, 2.45) is 0 Å². The molecule has 19 heavy (non-hydrogen) atoms. The maximum atomic E-state index is 12.4. The van der Waals surface area contributed by atoms with Crippen LogP contribution in [0.15, 0.2) is 24.3 Å². The van der Waals surface area contributed by atoms with Gasteiger partial charge in [-0.05, 0) is 24.1 Å². The highest BCUT2D eigenvalue weighted by Gasteiger charge is 2.35. The molecular weight excluding hydrogens is 259 g/mol. The van der Waals surface area contributed by atoms with Crippen LogP contribution in [-0.2, 0) is 22.3 Å². The summed E-state index contributed by atoms with van der Waals surface area (Å²) in [5.74, 6) is -0.293. The second-order valence-corrected chi connectivity index (χ2v) is 4.49. The van der Waals surface area contributed by atoms with Crippen molar-refractivity contribution in [3.63, 3.8) is 0 Å². The Morgan fingerprint density at radius 2 is 2.00 bits per heavy atom. The molecule has 104 valence electrons. The van der Waals surface area contributed by atoms with E-state index < -0.39 is 11.7 Å². The Hall–Kier alpha value is -1.56. The first-order chi connectivity index (χ1) is 8.91. The molecule has 0 aromatic heterocycles. The highest BCUT2D eigenvalue weighted by atomic mass is 19.4. The Morgan fingerprint density at radius 3 is 2.42 bits per heavy atom. The van der Waals surface area contributed by atoms with Crippen LogP contribution in [0.5, 0.6) is 0 Å². The molecule has 1 atom stereocenters. The van der Waals surface area contributed by atoms with E-state index in [1.54, 1.807) is 0 Å². The molecule has 1 heterocycles. The summed E-state index contributed by atoms with van der Waals surface area (Å²) in [4.78, 5) is 13.3. The summed E-state index contributed by atoms with van der Waals surface area (Å²) in [7, 11) is 1.33. The molecule has 0 bridgehead atoms. The number of ether oxygens (including phenoxy) is 1. The summed E-state index contributed by atoms with van der Waals surface area (Å²) in [5, 5.41) is 0. The molecule has 1 unspecified atom stereocenters. The maximum Gasteiger partial charge on any atom is 0.416 e. The van der Waals surface area contributed by atoms with E-state index in [1.807, 2.05) is 4.90 Å². The summed E-state index contributed by atoms with van der Waals surface area (Å²) >= 11 is 0. The van der Waals surface area contributed by atoms with E-state index in [2.05, 4.69) is 4.74 Å². The quantitative estimate of drug-likeness (QED) is 0.792. The minimum absolute atomic E-state index is 0.271. The van der Waals surface area contributed by atoms with Gasteiger partial charge in [-0.15, -0.1) is 0 Å². The lowest BCUT2D eigenvalue weighted by atomic mass is 10.0. The zero-order chi connectivity index (χ0) is 14.0. The van der Waals surface area contributed by atoms with Crippen LogP contribution in [0, 0.1) is 0 Å². The molecule has 0 N–H and O–H groups in total. The van der Waals surface area contributed by atoms with Crippen LogP contribution >= 0.6 is 0 Å². The van der Waals surface area contributed by atoms with Crippen molar-refractivity contribution in [2.45, 2.75) is 25.2 Å². The second-order valence-electron chi connectivity index (χ2n) is 4.49. The number of benzene rings is 1. The summed E-state index contributed by atoms with van der Waals surface area (Å²) in [6.07, 6.45) is -3.59. The van der Waals surface area contributed by atoms with Gasteiger partial charge < -0.3 is 4.74 Å². The normalized spacial score (nSPS) is 19.9. The summed E-state index contributed by atoms with van der Waals surface area (Å²) in [6, 6.07) is 4.72. The highest BCUT2D eigenvalue weighted by molar-refractivity contribution is 5.76. The average molecular weight is 273 g/mol. The third-order valence-electron chi connectivity index (χ3n) is 3.27. The monoisotopic (exact) mass is 273 g/mol. The Morgan fingerprint density at radius 1 is 1.37 bits per heavy atom. The molecule has 1 fully saturated rings. The van der Waals surface area contributed by atoms with Crippen LogP contribution in [0.1, 0.15) is 17.5 Å². The molecule has 0 spiro atoms. The van der Waals surface area contributed by atoms with Gasteiger partial charge in [-0.2, -0.15) is 13.2 Å². The smallest absolute Gasteiger partial charge is 0.416 e. The van der Waals surface area contributed by atoms with Gasteiger partial charge in [0.2, 0.25) is 0 Å². The van der Waals surface area contributed by atoms with Crippen molar-refractivity contribution in [3.8, 4) is 0 Å². The Labute approximate surface area is 109 Å². The van der Waals surface area contributed by atoms with Crippen LogP contribution in [0.3, 0.4) is 0 Å². The predicted octanol–water partition coefficient (Wildman–Crippen LogP) is 2.45. The van der Waals surface area contributed by atoms with Crippen molar-refractivity contribution in [3.05, 3.63) is 35.4 Å². The number of likely N-dealkylation sites (tertiary alicyclic amines) is 1. The zero-order valence-electron chi connectivity index (χ0n) is 10.4. The molecule has 1 aliphatic heterocycles. The summed E-state index contributed by atoms with van der Waals surface area (Å²) in [5.41, 5.74) is 0.0889. The zero-order valence-corrected chi connectivity index (χ0v) is 10.4. The van der Waals surface area contributed by atoms with Crippen molar-refractivity contribution in [1.29, 1.82) is 0 Å². The molecular formula is C13H14F3NO2. The average Bonchev–Trinajstić information content (AvgIpc) is 2.34. The molecule has 0 radical (unpaired) electrons. The van der Waals surface area contributed by atoms with E-state index in [0.29, 0.717) is 6.54 Å². The second kappa shape index (κ2) is 5.21. The van der Waals surface area contributed by atoms with Gasteiger partial charge in [0.05, 0.1) is 12.7 Å². The first kappa shape index (κ1) is 13.9. The first-order valence-electron chi connectivity index (χ1n) is 5.90. The molecule has 2 rings (SSSR count). The Balaban J connectivity index is 1.99. The molecule has 3 nitrogen and oxygen atoms in total. The lowest BCUT2D eigenvalue weighted by Gasteiger charge is -2.38. The number of halogens is 3. The molecule has 1 saturated heterocycles. The number of carbonyl (C=O) groups excluding carboxylic acids is 1. The Bertz CT molecular complexity index is 456. The van der Waals surface area contributed by atoms with Crippen LogP contribution in [0.4, 0.5) is 13.2 Å². The number of nitrogens with zero attached hydrogens (tertiary/aromatic N) is 1. The lowest BCUT2D eigenvalue weighted by Crippen LogP contribution is -2.52.